The van der Waals surface area contributed by atoms with Gasteiger partial charge in [-0.05, 0) is 35.9 Å². The van der Waals surface area contributed by atoms with Crippen molar-refractivity contribution in [3.63, 3.8) is 0 Å². The lowest BCUT2D eigenvalue weighted by atomic mass is 10.1. The number of carbonyl (C=O) groups excluding carboxylic acids is 2. The zero-order valence-electron chi connectivity index (χ0n) is 16.4. The molecule has 0 aromatic heterocycles. The van der Waals surface area contributed by atoms with Crippen LogP contribution in [0.1, 0.15) is 5.56 Å². The fourth-order valence-electron chi connectivity index (χ4n) is 2.81. The van der Waals surface area contributed by atoms with Gasteiger partial charge >= 0.3 is 5.97 Å². The van der Waals surface area contributed by atoms with Crippen LogP contribution < -0.4 is 19.1 Å². The first-order valence-electron chi connectivity index (χ1n) is 9.17. The summed E-state index contributed by atoms with van der Waals surface area (Å²) in [6.07, 6.45) is 2.73. The number of esters is 1. The van der Waals surface area contributed by atoms with Crippen LogP contribution in [-0.2, 0) is 14.3 Å². The number of carbonyl (C=O) groups is 2. The maximum atomic E-state index is 12.4. The molecule has 154 valence electrons. The van der Waals surface area contributed by atoms with Gasteiger partial charge in [0.2, 0.25) is 5.75 Å². The quantitative estimate of drug-likeness (QED) is 0.394. The Morgan fingerprint density at radius 2 is 1.97 bits per heavy atom. The van der Waals surface area contributed by atoms with E-state index in [-0.39, 0.29) is 6.54 Å². The normalized spacial score (nSPS) is 12.1. The second-order valence-corrected chi connectivity index (χ2v) is 6.16. The molecule has 0 bridgehead atoms. The fraction of sp³-hybridized carbons (Fsp3) is 0.227. The molecule has 0 spiro atoms. The van der Waals surface area contributed by atoms with E-state index >= 15 is 0 Å². The topological polar surface area (TPSA) is 98.1 Å². The molecule has 0 N–H and O–H groups in total. The minimum absolute atomic E-state index is 0.146. The van der Waals surface area contributed by atoms with E-state index < -0.39 is 18.5 Å². The Bertz CT molecular complexity index is 964. The van der Waals surface area contributed by atoms with E-state index in [0.717, 1.165) is 0 Å². The van der Waals surface area contributed by atoms with Crippen molar-refractivity contribution in [2.24, 2.45) is 0 Å². The molecule has 0 radical (unpaired) electrons. The summed E-state index contributed by atoms with van der Waals surface area (Å²) < 4.78 is 21.4. The molecule has 0 saturated heterocycles. The van der Waals surface area contributed by atoms with Gasteiger partial charge in [-0.1, -0.05) is 18.2 Å². The standard InChI is InChI=1S/C22H20N2O6/c1-27-18-13-16(14-19-22(18)29-12-11-28-19)7-8-21(26)30-15-20(25)24(10-9-23)17-5-3-2-4-6-17/h2-8,13-14H,10-12,15H2,1H3/b8-7+. The summed E-state index contributed by atoms with van der Waals surface area (Å²) in [5.41, 5.74) is 1.20. The molecule has 1 aliphatic heterocycles. The highest BCUT2D eigenvalue weighted by molar-refractivity contribution is 5.96. The number of benzene rings is 2. The van der Waals surface area contributed by atoms with Gasteiger partial charge in [-0.15, -0.1) is 0 Å². The minimum atomic E-state index is -0.692. The third-order valence-corrected chi connectivity index (χ3v) is 4.20. The van der Waals surface area contributed by atoms with Crippen molar-refractivity contribution in [3.8, 4) is 23.3 Å². The van der Waals surface area contributed by atoms with Crippen LogP contribution in [0.25, 0.3) is 6.08 Å². The molecule has 1 aliphatic rings. The van der Waals surface area contributed by atoms with Crippen molar-refractivity contribution in [1.29, 1.82) is 5.26 Å². The molecule has 1 heterocycles. The second kappa shape index (κ2) is 9.98. The number of anilines is 1. The molecule has 0 fully saturated rings. The predicted octanol–water partition coefficient (Wildman–Crippen LogP) is 2.58. The van der Waals surface area contributed by atoms with Crippen molar-refractivity contribution in [3.05, 3.63) is 54.1 Å². The lowest BCUT2D eigenvalue weighted by molar-refractivity contribution is -0.142. The zero-order valence-corrected chi connectivity index (χ0v) is 16.4. The van der Waals surface area contributed by atoms with Crippen LogP contribution in [0.5, 0.6) is 17.2 Å². The SMILES string of the molecule is COc1cc(/C=C/C(=O)OCC(=O)N(CC#N)c2ccccc2)cc2c1OCCO2. The van der Waals surface area contributed by atoms with Gasteiger partial charge in [-0.3, -0.25) is 9.69 Å². The minimum Gasteiger partial charge on any atom is -0.493 e. The monoisotopic (exact) mass is 408 g/mol. The summed E-state index contributed by atoms with van der Waals surface area (Å²) in [6, 6.07) is 14.1. The zero-order chi connectivity index (χ0) is 21.3. The van der Waals surface area contributed by atoms with Gasteiger partial charge < -0.3 is 18.9 Å². The molecule has 2 aromatic rings. The van der Waals surface area contributed by atoms with Crippen LogP contribution in [0.3, 0.4) is 0 Å². The second-order valence-electron chi connectivity index (χ2n) is 6.16. The fourth-order valence-corrected chi connectivity index (χ4v) is 2.81. The molecular weight excluding hydrogens is 388 g/mol. The molecule has 30 heavy (non-hydrogen) atoms. The van der Waals surface area contributed by atoms with Crippen LogP contribution in [0.15, 0.2) is 48.5 Å². The average Bonchev–Trinajstić information content (AvgIpc) is 2.79. The van der Waals surface area contributed by atoms with Crippen LogP contribution in [0.4, 0.5) is 5.69 Å². The highest BCUT2D eigenvalue weighted by Gasteiger charge is 2.19. The number of fused-ring (bicyclic) bond motifs is 1. The molecule has 0 saturated carbocycles. The lowest BCUT2D eigenvalue weighted by Crippen LogP contribution is -2.34. The van der Waals surface area contributed by atoms with Gasteiger partial charge in [-0.2, -0.15) is 5.26 Å². The van der Waals surface area contributed by atoms with Gasteiger partial charge in [0.1, 0.15) is 19.8 Å². The summed E-state index contributed by atoms with van der Waals surface area (Å²) in [6.45, 7) is 0.232. The molecular formula is C22H20N2O6. The molecule has 0 atom stereocenters. The van der Waals surface area contributed by atoms with Gasteiger partial charge in [-0.25, -0.2) is 4.79 Å². The van der Waals surface area contributed by atoms with E-state index in [1.807, 2.05) is 6.07 Å². The van der Waals surface area contributed by atoms with E-state index in [4.69, 9.17) is 24.2 Å². The van der Waals surface area contributed by atoms with E-state index in [9.17, 15) is 9.59 Å². The number of hydrogen-bond acceptors (Lipinski definition) is 7. The Morgan fingerprint density at radius 1 is 1.20 bits per heavy atom. The number of methoxy groups -OCH3 is 1. The largest absolute Gasteiger partial charge is 0.493 e. The number of ether oxygens (including phenoxy) is 4. The van der Waals surface area contributed by atoms with Gasteiger partial charge in [0, 0.05) is 11.8 Å². The van der Waals surface area contributed by atoms with Gasteiger partial charge in [0.05, 0.1) is 13.2 Å². The Balaban J connectivity index is 1.62. The van der Waals surface area contributed by atoms with Crippen LogP contribution >= 0.6 is 0 Å². The lowest BCUT2D eigenvalue weighted by Gasteiger charge is -2.21. The first kappa shape index (κ1) is 20.7. The van der Waals surface area contributed by atoms with Crippen molar-refractivity contribution in [2.75, 3.05) is 38.4 Å². The summed E-state index contributed by atoms with van der Waals surface area (Å²) in [4.78, 5) is 25.7. The van der Waals surface area contributed by atoms with Crippen LogP contribution in [0.2, 0.25) is 0 Å². The highest BCUT2D eigenvalue weighted by Crippen LogP contribution is 2.40. The number of hydrogen-bond donors (Lipinski definition) is 0. The van der Waals surface area contributed by atoms with Gasteiger partial charge in [0.15, 0.2) is 18.1 Å². The highest BCUT2D eigenvalue weighted by atomic mass is 16.6. The molecule has 8 heteroatoms. The van der Waals surface area contributed by atoms with Gasteiger partial charge in [0.25, 0.3) is 5.91 Å². The number of amides is 1. The maximum absolute atomic E-state index is 12.4. The van der Waals surface area contributed by atoms with E-state index in [2.05, 4.69) is 0 Å². The smallest absolute Gasteiger partial charge is 0.331 e. The molecule has 2 aromatic carbocycles. The third-order valence-electron chi connectivity index (χ3n) is 4.20. The Labute approximate surface area is 173 Å². The molecule has 0 aliphatic carbocycles. The van der Waals surface area contributed by atoms with Crippen LogP contribution in [-0.4, -0.2) is 45.4 Å². The number of para-hydroxylation sites is 1. The predicted molar refractivity (Wildman–Crippen MR) is 108 cm³/mol. The van der Waals surface area contributed by atoms with Crippen molar-refractivity contribution in [1.82, 2.24) is 0 Å². The molecule has 1 amide bonds. The molecule has 8 nitrogen and oxygen atoms in total. The maximum Gasteiger partial charge on any atom is 0.331 e. The van der Waals surface area contributed by atoms with E-state index in [1.54, 1.807) is 42.5 Å². The van der Waals surface area contributed by atoms with Crippen molar-refractivity contribution in [2.45, 2.75) is 0 Å². The average molecular weight is 408 g/mol. The molecule has 0 unspecified atom stereocenters. The van der Waals surface area contributed by atoms with Crippen molar-refractivity contribution < 1.29 is 28.5 Å². The first-order chi connectivity index (χ1) is 14.6. The summed E-state index contributed by atoms with van der Waals surface area (Å²) in [5, 5.41) is 8.97. The summed E-state index contributed by atoms with van der Waals surface area (Å²) in [5.74, 6) is 0.351. The Hall–Kier alpha value is -3.99. The van der Waals surface area contributed by atoms with Crippen molar-refractivity contribution >= 4 is 23.6 Å². The van der Waals surface area contributed by atoms with E-state index in [1.165, 1.54) is 24.2 Å². The number of nitriles is 1. The third kappa shape index (κ3) is 5.08. The summed E-state index contributed by atoms with van der Waals surface area (Å²) in [7, 11) is 1.51. The number of nitrogens with zero attached hydrogens (tertiary/aromatic N) is 2. The molecule has 3 rings (SSSR count). The first-order valence-corrected chi connectivity index (χ1v) is 9.17. The number of rotatable bonds is 7. The Morgan fingerprint density at radius 3 is 2.70 bits per heavy atom. The van der Waals surface area contributed by atoms with Crippen LogP contribution in [0, 0.1) is 11.3 Å². The Kier molecular flexibility index (Phi) is 6.90. The van der Waals surface area contributed by atoms with E-state index in [0.29, 0.717) is 41.7 Å². The summed E-state index contributed by atoms with van der Waals surface area (Å²) >= 11 is 0.